The van der Waals surface area contributed by atoms with Crippen molar-refractivity contribution in [3.05, 3.63) is 17.0 Å². The van der Waals surface area contributed by atoms with Gasteiger partial charge in [0.2, 0.25) is 0 Å². The number of rotatable bonds is 7. The summed E-state index contributed by atoms with van der Waals surface area (Å²) in [5.41, 5.74) is 4.19. The van der Waals surface area contributed by atoms with Crippen LogP contribution in [0, 0.1) is 5.92 Å². The molecular formula is C19H34N4O. The van der Waals surface area contributed by atoms with E-state index in [2.05, 4.69) is 28.9 Å². The summed E-state index contributed by atoms with van der Waals surface area (Å²) in [6.45, 7) is 7.81. The quantitative estimate of drug-likeness (QED) is 0.832. The van der Waals surface area contributed by atoms with Gasteiger partial charge in [0.05, 0.1) is 31.1 Å². The minimum atomic E-state index is 0.686. The number of nitrogens with zero attached hydrogens (tertiary/aromatic N) is 3. The van der Waals surface area contributed by atoms with E-state index in [0.29, 0.717) is 5.92 Å². The fourth-order valence-electron chi connectivity index (χ4n) is 4.31. The predicted molar refractivity (Wildman–Crippen MR) is 97.1 cm³/mol. The van der Waals surface area contributed by atoms with Gasteiger partial charge in [0.15, 0.2) is 0 Å². The van der Waals surface area contributed by atoms with Gasteiger partial charge in [0.25, 0.3) is 0 Å². The van der Waals surface area contributed by atoms with Crippen LogP contribution in [0.15, 0.2) is 0 Å². The molecule has 1 N–H and O–H groups in total. The van der Waals surface area contributed by atoms with E-state index in [-0.39, 0.29) is 0 Å². The monoisotopic (exact) mass is 334 g/mol. The number of nitrogens with one attached hydrogen (secondary N) is 1. The summed E-state index contributed by atoms with van der Waals surface area (Å²) in [5, 5.41) is 8.22. The van der Waals surface area contributed by atoms with E-state index >= 15 is 0 Å². The minimum absolute atomic E-state index is 0.686. The Morgan fingerprint density at radius 3 is 2.79 bits per heavy atom. The van der Waals surface area contributed by atoms with Crippen LogP contribution in [0.2, 0.25) is 0 Å². The second-order valence-corrected chi connectivity index (χ2v) is 7.55. The Labute approximate surface area is 146 Å². The molecule has 5 heteroatoms. The Hall–Kier alpha value is -0.910. The molecule has 1 aliphatic carbocycles. The van der Waals surface area contributed by atoms with Crippen LogP contribution >= 0.6 is 0 Å². The second-order valence-electron chi connectivity index (χ2n) is 7.55. The highest BCUT2D eigenvalue weighted by Gasteiger charge is 2.30. The maximum Gasteiger partial charge on any atom is 0.0888 e. The number of likely N-dealkylation sites (N-methyl/N-ethyl adjacent to an activating group) is 2. The Morgan fingerprint density at radius 2 is 2.08 bits per heavy atom. The number of hydrogen-bond acceptors (Lipinski definition) is 4. The second kappa shape index (κ2) is 8.45. The molecule has 1 saturated carbocycles. The molecule has 1 fully saturated rings. The van der Waals surface area contributed by atoms with E-state index in [0.717, 1.165) is 45.3 Å². The molecule has 0 saturated heterocycles. The molecule has 24 heavy (non-hydrogen) atoms. The topological polar surface area (TPSA) is 42.3 Å². The van der Waals surface area contributed by atoms with Gasteiger partial charge in [-0.2, -0.15) is 5.10 Å². The van der Waals surface area contributed by atoms with Crippen LogP contribution in [0.1, 0.15) is 61.9 Å². The predicted octanol–water partition coefficient (Wildman–Crippen LogP) is 2.75. The Morgan fingerprint density at radius 1 is 1.29 bits per heavy atom. The van der Waals surface area contributed by atoms with Gasteiger partial charge in [-0.25, -0.2) is 0 Å². The molecule has 1 aromatic heterocycles. The molecule has 0 unspecified atom stereocenters. The van der Waals surface area contributed by atoms with Crippen LogP contribution in [0.25, 0.3) is 0 Å². The number of ether oxygens (including phenoxy) is 1. The molecule has 0 aromatic carbocycles. The first-order chi connectivity index (χ1) is 11.7. The summed E-state index contributed by atoms with van der Waals surface area (Å²) in [6.07, 6.45) is 6.74. The molecule has 0 amide bonds. The molecule has 5 nitrogen and oxygen atoms in total. The highest BCUT2D eigenvalue weighted by atomic mass is 16.5. The lowest BCUT2D eigenvalue weighted by atomic mass is 9.77. The van der Waals surface area contributed by atoms with E-state index in [1.54, 1.807) is 0 Å². The van der Waals surface area contributed by atoms with Crippen molar-refractivity contribution in [2.75, 3.05) is 33.8 Å². The van der Waals surface area contributed by atoms with Crippen molar-refractivity contribution in [3.8, 4) is 0 Å². The van der Waals surface area contributed by atoms with E-state index < -0.39 is 0 Å². The summed E-state index contributed by atoms with van der Waals surface area (Å²) in [4.78, 5) is 2.38. The van der Waals surface area contributed by atoms with Crippen LogP contribution in [0.5, 0.6) is 0 Å². The summed E-state index contributed by atoms with van der Waals surface area (Å²) < 4.78 is 8.00. The van der Waals surface area contributed by atoms with Crippen molar-refractivity contribution in [2.45, 2.75) is 64.6 Å². The highest BCUT2D eigenvalue weighted by Crippen LogP contribution is 2.40. The van der Waals surface area contributed by atoms with Gasteiger partial charge in [0.1, 0.15) is 0 Å². The molecule has 2 heterocycles. The summed E-state index contributed by atoms with van der Waals surface area (Å²) in [7, 11) is 4.21. The maximum absolute atomic E-state index is 5.77. The fraction of sp³-hybridized carbons (Fsp3) is 0.842. The van der Waals surface area contributed by atoms with Crippen LogP contribution in [-0.4, -0.2) is 48.5 Å². The van der Waals surface area contributed by atoms with Gasteiger partial charge in [-0.05, 0) is 51.6 Å². The first kappa shape index (κ1) is 17.9. The third kappa shape index (κ3) is 4.01. The lowest BCUT2D eigenvalue weighted by Gasteiger charge is -2.29. The summed E-state index contributed by atoms with van der Waals surface area (Å²) >= 11 is 0. The van der Waals surface area contributed by atoms with Crippen LogP contribution in [0.3, 0.4) is 0 Å². The van der Waals surface area contributed by atoms with Crippen molar-refractivity contribution in [2.24, 2.45) is 5.92 Å². The van der Waals surface area contributed by atoms with Crippen LogP contribution in [0.4, 0.5) is 0 Å². The molecular weight excluding hydrogens is 300 g/mol. The van der Waals surface area contributed by atoms with Gasteiger partial charge in [-0.1, -0.05) is 13.3 Å². The van der Waals surface area contributed by atoms with Gasteiger partial charge >= 0.3 is 0 Å². The largest absolute Gasteiger partial charge is 0.373 e. The highest BCUT2D eigenvalue weighted by molar-refractivity contribution is 5.31. The third-order valence-corrected chi connectivity index (χ3v) is 5.86. The van der Waals surface area contributed by atoms with Crippen molar-refractivity contribution >= 4 is 0 Å². The molecule has 0 spiro atoms. The molecule has 0 radical (unpaired) electrons. The summed E-state index contributed by atoms with van der Waals surface area (Å²) in [5.74, 6) is 1.62. The van der Waals surface area contributed by atoms with Crippen LogP contribution in [-0.2, 0) is 24.4 Å². The van der Waals surface area contributed by atoms with Crippen molar-refractivity contribution in [3.63, 3.8) is 0 Å². The maximum atomic E-state index is 5.77. The Balaban J connectivity index is 1.79. The van der Waals surface area contributed by atoms with E-state index in [4.69, 9.17) is 9.84 Å². The molecule has 1 aliphatic heterocycles. The molecule has 3 rings (SSSR count). The van der Waals surface area contributed by atoms with E-state index in [1.807, 2.05) is 7.05 Å². The fourth-order valence-corrected chi connectivity index (χ4v) is 4.31. The Bertz CT molecular complexity index is 520. The first-order valence-electron chi connectivity index (χ1n) is 9.72. The van der Waals surface area contributed by atoms with Gasteiger partial charge in [-0.3, -0.25) is 9.58 Å². The van der Waals surface area contributed by atoms with Crippen molar-refractivity contribution in [1.82, 2.24) is 20.0 Å². The molecule has 2 aliphatic rings. The van der Waals surface area contributed by atoms with E-state index in [1.165, 1.54) is 49.1 Å². The molecule has 1 aromatic rings. The summed E-state index contributed by atoms with van der Waals surface area (Å²) in [6, 6.07) is 0. The smallest absolute Gasteiger partial charge is 0.0888 e. The number of aromatic nitrogens is 2. The van der Waals surface area contributed by atoms with Gasteiger partial charge in [-0.15, -0.1) is 0 Å². The first-order valence-corrected chi connectivity index (χ1v) is 9.72. The zero-order valence-electron chi connectivity index (χ0n) is 15.7. The average Bonchev–Trinajstić information content (AvgIpc) is 2.97. The number of fused-ring (bicyclic) bond motifs is 1. The zero-order valence-corrected chi connectivity index (χ0v) is 15.7. The standard InChI is InChI=1S/C19H34N4O/c1-4-15-5-7-16(8-6-15)19-17(13-22(3)10-9-20-2)21-23-11-12-24-14-18(19)23/h15-16,20H,4-14H2,1-3H3. The molecule has 0 bridgehead atoms. The molecule has 136 valence electrons. The minimum Gasteiger partial charge on any atom is -0.373 e. The average molecular weight is 335 g/mol. The normalized spacial score (nSPS) is 24.3. The van der Waals surface area contributed by atoms with Crippen molar-refractivity contribution < 1.29 is 4.74 Å². The van der Waals surface area contributed by atoms with Crippen molar-refractivity contribution in [1.29, 1.82) is 0 Å². The SMILES string of the molecule is CCC1CCC(c2c(CN(C)CCNC)nn3c2COCC3)CC1. The van der Waals surface area contributed by atoms with Gasteiger partial charge in [0, 0.05) is 25.2 Å². The zero-order chi connectivity index (χ0) is 16.9. The Kier molecular flexibility index (Phi) is 6.31. The lowest BCUT2D eigenvalue weighted by molar-refractivity contribution is 0.0788. The van der Waals surface area contributed by atoms with E-state index in [9.17, 15) is 0 Å². The molecule has 0 atom stereocenters. The van der Waals surface area contributed by atoms with Gasteiger partial charge < -0.3 is 10.1 Å². The number of hydrogen-bond donors (Lipinski definition) is 1. The van der Waals surface area contributed by atoms with Crippen LogP contribution < -0.4 is 5.32 Å². The third-order valence-electron chi connectivity index (χ3n) is 5.86. The lowest BCUT2D eigenvalue weighted by Crippen LogP contribution is -2.27.